The van der Waals surface area contributed by atoms with Gasteiger partial charge in [0.25, 0.3) is 0 Å². The molecule has 0 spiro atoms. The van der Waals surface area contributed by atoms with E-state index >= 15 is 0 Å². The van der Waals surface area contributed by atoms with Crippen molar-refractivity contribution < 1.29 is 17.6 Å². The fraction of sp³-hybridized carbons (Fsp3) is 0.381. The fourth-order valence-electron chi connectivity index (χ4n) is 3.18. The van der Waals surface area contributed by atoms with Gasteiger partial charge in [-0.05, 0) is 54.8 Å². The summed E-state index contributed by atoms with van der Waals surface area (Å²) in [4.78, 5) is 12.4. The Morgan fingerprint density at radius 3 is 2.21 bits per heavy atom. The van der Waals surface area contributed by atoms with Crippen LogP contribution in [-0.4, -0.2) is 37.5 Å². The van der Waals surface area contributed by atoms with E-state index in [0.29, 0.717) is 24.5 Å². The molecule has 1 amide bonds. The molecule has 1 N–H and O–H groups in total. The Morgan fingerprint density at radius 2 is 1.59 bits per heavy atom. The zero-order valence-corrected chi connectivity index (χ0v) is 17.8. The molecular weight excluding hydrogens is 411 g/mol. The second kappa shape index (κ2) is 10.2. The molecule has 29 heavy (non-hydrogen) atoms. The molecule has 1 aliphatic rings. The molecule has 0 saturated carbocycles. The number of carbonyl (C=O) groups excluding carboxylic acids is 1. The number of anilines is 1. The molecule has 2 aromatic carbocycles. The first-order valence-corrected chi connectivity index (χ1v) is 12.3. The first-order valence-electron chi connectivity index (χ1n) is 9.67. The number of hydrogen-bond acceptors (Lipinski definition) is 4. The van der Waals surface area contributed by atoms with Gasteiger partial charge in [0, 0.05) is 24.5 Å². The molecule has 0 bridgehead atoms. The first-order chi connectivity index (χ1) is 13.9. The summed E-state index contributed by atoms with van der Waals surface area (Å²) in [6.45, 7) is 1.12. The number of carbonyl (C=O) groups is 1. The van der Waals surface area contributed by atoms with E-state index in [0.717, 1.165) is 31.2 Å². The zero-order valence-electron chi connectivity index (χ0n) is 16.1. The number of hydrogen-bond donors (Lipinski definition) is 1. The lowest BCUT2D eigenvalue weighted by Crippen LogP contribution is -2.31. The summed E-state index contributed by atoms with van der Waals surface area (Å²) >= 11 is 1.43. The largest absolute Gasteiger partial charge is 0.325 e. The van der Waals surface area contributed by atoms with Gasteiger partial charge in [-0.1, -0.05) is 25.0 Å². The highest BCUT2D eigenvalue weighted by molar-refractivity contribution is 7.99. The number of benzene rings is 2. The molecule has 2 aromatic rings. The average molecular weight is 437 g/mol. The van der Waals surface area contributed by atoms with Crippen LogP contribution in [0.4, 0.5) is 10.1 Å². The molecule has 5 nitrogen and oxygen atoms in total. The lowest BCUT2D eigenvalue weighted by molar-refractivity contribution is -0.113. The lowest BCUT2D eigenvalue weighted by Gasteiger charge is -2.20. The number of rotatable bonds is 7. The number of amides is 1. The monoisotopic (exact) mass is 436 g/mol. The number of nitrogens with one attached hydrogen (secondary N) is 1. The quantitative estimate of drug-likeness (QED) is 0.704. The van der Waals surface area contributed by atoms with Crippen LogP contribution >= 0.6 is 11.8 Å². The normalized spacial score (nSPS) is 15.6. The van der Waals surface area contributed by atoms with Crippen LogP contribution in [0.1, 0.15) is 31.2 Å². The molecule has 1 saturated heterocycles. The highest BCUT2D eigenvalue weighted by atomic mass is 32.2. The summed E-state index contributed by atoms with van der Waals surface area (Å²) in [7, 11) is -3.49. The topological polar surface area (TPSA) is 66.5 Å². The van der Waals surface area contributed by atoms with Crippen molar-refractivity contribution in [3.63, 3.8) is 0 Å². The van der Waals surface area contributed by atoms with Gasteiger partial charge in [-0.3, -0.25) is 4.79 Å². The van der Waals surface area contributed by atoms with Gasteiger partial charge in [-0.2, -0.15) is 4.31 Å². The summed E-state index contributed by atoms with van der Waals surface area (Å²) in [6, 6.07) is 12.5. The Labute approximate surface area is 175 Å². The molecule has 0 atom stereocenters. The Hall–Kier alpha value is -1.90. The summed E-state index contributed by atoms with van der Waals surface area (Å²) in [6.07, 6.45) is 3.91. The predicted molar refractivity (Wildman–Crippen MR) is 115 cm³/mol. The van der Waals surface area contributed by atoms with Crippen molar-refractivity contribution in [2.45, 2.75) is 36.3 Å². The van der Waals surface area contributed by atoms with Crippen molar-refractivity contribution in [1.29, 1.82) is 0 Å². The second-order valence-corrected chi connectivity index (χ2v) is 9.93. The van der Waals surface area contributed by atoms with Crippen LogP contribution in [0, 0.1) is 5.82 Å². The highest BCUT2D eigenvalue weighted by Crippen LogP contribution is 2.22. The molecule has 0 aliphatic carbocycles. The maximum Gasteiger partial charge on any atom is 0.243 e. The van der Waals surface area contributed by atoms with Crippen molar-refractivity contribution in [2.75, 3.05) is 24.2 Å². The van der Waals surface area contributed by atoms with Gasteiger partial charge in [0.05, 0.1) is 10.6 Å². The van der Waals surface area contributed by atoms with E-state index in [2.05, 4.69) is 5.32 Å². The summed E-state index contributed by atoms with van der Waals surface area (Å²) in [5.41, 5.74) is 1.51. The summed E-state index contributed by atoms with van der Waals surface area (Å²) in [5.74, 6) is 0.421. The van der Waals surface area contributed by atoms with Crippen molar-refractivity contribution in [3.05, 3.63) is 59.9 Å². The van der Waals surface area contributed by atoms with Gasteiger partial charge in [0.15, 0.2) is 0 Å². The van der Waals surface area contributed by atoms with Crippen molar-refractivity contribution in [3.8, 4) is 0 Å². The minimum Gasteiger partial charge on any atom is -0.325 e. The van der Waals surface area contributed by atoms with Gasteiger partial charge in [0.2, 0.25) is 15.9 Å². The van der Waals surface area contributed by atoms with Gasteiger partial charge >= 0.3 is 0 Å². The molecule has 0 aromatic heterocycles. The number of halogens is 1. The zero-order chi connectivity index (χ0) is 20.7. The van der Waals surface area contributed by atoms with E-state index in [4.69, 9.17) is 0 Å². The lowest BCUT2D eigenvalue weighted by atomic mass is 10.2. The predicted octanol–water partition coefficient (Wildman–Crippen LogP) is 4.26. The van der Waals surface area contributed by atoms with Crippen LogP contribution in [0.2, 0.25) is 0 Å². The van der Waals surface area contributed by atoms with Gasteiger partial charge in [0.1, 0.15) is 5.82 Å². The van der Waals surface area contributed by atoms with E-state index in [-0.39, 0.29) is 22.4 Å². The maximum atomic E-state index is 12.9. The summed E-state index contributed by atoms with van der Waals surface area (Å²) in [5, 5.41) is 2.78. The molecule has 3 rings (SSSR count). The minimum atomic E-state index is -3.49. The molecule has 8 heteroatoms. The van der Waals surface area contributed by atoms with Crippen LogP contribution in [0.3, 0.4) is 0 Å². The van der Waals surface area contributed by atoms with Crippen LogP contribution in [0.25, 0.3) is 0 Å². The third-order valence-electron chi connectivity index (χ3n) is 4.76. The van der Waals surface area contributed by atoms with Crippen LogP contribution in [0.5, 0.6) is 0 Å². The first kappa shape index (κ1) is 21.8. The Morgan fingerprint density at radius 1 is 0.966 bits per heavy atom. The van der Waals surface area contributed by atoms with E-state index in [9.17, 15) is 17.6 Å². The maximum absolute atomic E-state index is 12.9. The Kier molecular flexibility index (Phi) is 7.69. The number of nitrogens with zero attached hydrogens (tertiary/aromatic N) is 1. The molecule has 156 valence electrons. The molecule has 1 heterocycles. The van der Waals surface area contributed by atoms with Crippen LogP contribution in [0.15, 0.2) is 53.4 Å². The molecule has 1 aliphatic heterocycles. The van der Waals surface area contributed by atoms with Gasteiger partial charge in [-0.25, -0.2) is 12.8 Å². The molecule has 0 unspecified atom stereocenters. The minimum absolute atomic E-state index is 0.166. The van der Waals surface area contributed by atoms with E-state index in [1.165, 1.54) is 23.9 Å². The van der Waals surface area contributed by atoms with Crippen LogP contribution < -0.4 is 5.32 Å². The van der Waals surface area contributed by atoms with Crippen LogP contribution in [-0.2, 0) is 20.6 Å². The summed E-state index contributed by atoms with van der Waals surface area (Å²) < 4.78 is 40.0. The van der Waals surface area contributed by atoms with Gasteiger partial charge < -0.3 is 5.32 Å². The van der Waals surface area contributed by atoms with Gasteiger partial charge in [-0.15, -0.1) is 11.8 Å². The second-order valence-electron chi connectivity index (χ2n) is 7.01. The van der Waals surface area contributed by atoms with E-state index in [1.54, 1.807) is 40.7 Å². The fourth-order valence-corrected chi connectivity index (χ4v) is 5.49. The van der Waals surface area contributed by atoms with E-state index < -0.39 is 10.0 Å². The average Bonchev–Trinajstić information content (AvgIpc) is 3.00. The SMILES string of the molecule is O=C(CSCc1ccc(F)cc1)Nc1ccc(S(=O)(=O)N2CCCCCC2)cc1. The van der Waals surface area contributed by atoms with Crippen molar-refractivity contribution >= 4 is 33.4 Å². The smallest absolute Gasteiger partial charge is 0.243 e. The highest BCUT2D eigenvalue weighted by Gasteiger charge is 2.24. The van der Waals surface area contributed by atoms with E-state index in [1.807, 2.05) is 0 Å². The molecule has 1 fully saturated rings. The van der Waals surface area contributed by atoms with Crippen molar-refractivity contribution in [1.82, 2.24) is 4.31 Å². The van der Waals surface area contributed by atoms with Crippen molar-refractivity contribution in [2.24, 2.45) is 0 Å². The third kappa shape index (κ3) is 6.29. The third-order valence-corrected chi connectivity index (χ3v) is 7.67. The molecule has 0 radical (unpaired) electrons. The number of sulfonamides is 1. The number of thioether (sulfide) groups is 1. The Bertz CT molecular complexity index is 908. The standard InChI is InChI=1S/C21H25FN2O3S2/c22-18-7-5-17(6-8-18)15-28-16-21(25)23-19-9-11-20(12-10-19)29(26,27)24-13-3-1-2-4-14-24/h5-12H,1-4,13-16H2,(H,23,25). The Balaban J connectivity index is 1.51. The molecular formula is C21H25FN2O3S2.